The van der Waals surface area contributed by atoms with Crippen LogP contribution in [0.2, 0.25) is 0 Å². The van der Waals surface area contributed by atoms with E-state index in [1.807, 2.05) is 30.3 Å². The Bertz CT molecular complexity index is 650. The first-order valence-corrected chi connectivity index (χ1v) is 8.56. The number of allylic oxidation sites excluding steroid dienone is 1. The van der Waals surface area contributed by atoms with Crippen molar-refractivity contribution in [2.75, 3.05) is 7.11 Å². The summed E-state index contributed by atoms with van der Waals surface area (Å²) in [4.78, 5) is 36.8. The van der Waals surface area contributed by atoms with Crippen molar-refractivity contribution < 1.29 is 28.6 Å². The van der Waals surface area contributed by atoms with Gasteiger partial charge in [-0.15, -0.1) is 6.58 Å². The monoisotopic (exact) mass is 377 g/mol. The van der Waals surface area contributed by atoms with Crippen molar-refractivity contribution in [3.05, 3.63) is 48.6 Å². The van der Waals surface area contributed by atoms with Crippen LogP contribution in [0.1, 0.15) is 32.8 Å². The molecule has 0 spiro atoms. The Morgan fingerprint density at radius 3 is 2.30 bits per heavy atom. The number of rotatable bonds is 8. The van der Waals surface area contributed by atoms with E-state index in [4.69, 9.17) is 14.2 Å². The molecule has 1 aromatic carbocycles. The van der Waals surface area contributed by atoms with Crippen molar-refractivity contribution in [2.24, 2.45) is 5.92 Å². The minimum atomic E-state index is -1.26. The first-order chi connectivity index (χ1) is 12.7. The van der Waals surface area contributed by atoms with Crippen LogP contribution >= 0.6 is 0 Å². The first-order valence-electron chi connectivity index (χ1n) is 8.56. The number of alkyl carbamates (subject to hydrolysis) is 1. The summed E-state index contributed by atoms with van der Waals surface area (Å²) in [5.74, 6) is -2.42. The third kappa shape index (κ3) is 7.94. The summed E-state index contributed by atoms with van der Waals surface area (Å²) in [6.45, 7) is 8.72. The number of nitrogens with one attached hydrogen (secondary N) is 1. The summed E-state index contributed by atoms with van der Waals surface area (Å²) in [6, 6.07) is 7.87. The molecule has 0 bridgehead atoms. The molecule has 0 unspecified atom stereocenters. The van der Waals surface area contributed by atoms with Gasteiger partial charge in [0.2, 0.25) is 0 Å². The Kier molecular flexibility index (Phi) is 8.51. The minimum Gasteiger partial charge on any atom is -0.467 e. The van der Waals surface area contributed by atoms with Crippen molar-refractivity contribution in [3.63, 3.8) is 0 Å². The second-order valence-corrected chi connectivity index (χ2v) is 6.87. The first kappa shape index (κ1) is 22.2. The van der Waals surface area contributed by atoms with Gasteiger partial charge in [0.1, 0.15) is 18.2 Å². The van der Waals surface area contributed by atoms with Crippen LogP contribution in [0, 0.1) is 5.92 Å². The molecule has 0 saturated heterocycles. The number of carbonyl (C=O) groups is 3. The van der Waals surface area contributed by atoms with Crippen LogP contribution < -0.4 is 5.32 Å². The highest BCUT2D eigenvalue weighted by Gasteiger charge is 2.37. The average Bonchev–Trinajstić information content (AvgIpc) is 2.61. The van der Waals surface area contributed by atoms with E-state index in [-0.39, 0.29) is 13.0 Å². The van der Waals surface area contributed by atoms with Crippen LogP contribution in [0.5, 0.6) is 0 Å². The highest BCUT2D eigenvalue weighted by molar-refractivity contribution is 5.88. The molecule has 1 amide bonds. The zero-order valence-corrected chi connectivity index (χ0v) is 16.2. The van der Waals surface area contributed by atoms with Gasteiger partial charge in [-0.1, -0.05) is 36.4 Å². The van der Waals surface area contributed by atoms with Crippen molar-refractivity contribution in [3.8, 4) is 0 Å². The second kappa shape index (κ2) is 10.4. The van der Waals surface area contributed by atoms with Crippen LogP contribution in [-0.2, 0) is 30.4 Å². The van der Waals surface area contributed by atoms with Crippen molar-refractivity contribution in [2.45, 2.75) is 45.4 Å². The van der Waals surface area contributed by atoms with Crippen LogP contribution in [0.4, 0.5) is 4.79 Å². The van der Waals surface area contributed by atoms with Crippen molar-refractivity contribution in [1.82, 2.24) is 5.32 Å². The van der Waals surface area contributed by atoms with E-state index in [1.165, 1.54) is 13.2 Å². The van der Waals surface area contributed by atoms with Crippen LogP contribution in [0.3, 0.4) is 0 Å². The number of hydrogen-bond donors (Lipinski definition) is 1. The molecule has 7 heteroatoms. The predicted octanol–water partition coefficient (Wildman–Crippen LogP) is 2.99. The van der Waals surface area contributed by atoms with E-state index in [0.29, 0.717) is 0 Å². The molecule has 27 heavy (non-hydrogen) atoms. The molecular formula is C20H27NO6. The molecule has 0 saturated carbocycles. The highest BCUT2D eigenvalue weighted by Crippen LogP contribution is 2.17. The fourth-order valence-electron chi connectivity index (χ4n) is 2.27. The summed E-state index contributed by atoms with van der Waals surface area (Å²) >= 11 is 0. The van der Waals surface area contributed by atoms with Crippen LogP contribution in [0.15, 0.2) is 43.0 Å². The molecule has 1 rings (SSSR count). The molecule has 0 aromatic heterocycles. The molecule has 0 aliphatic heterocycles. The predicted molar refractivity (Wildman–Crippen MR) is 99.7 cm³/mol. The average molecular weight is 377 g/mol. The fraction of sp³-hybridized carbons (Fsp3) is 0.450. The van der Waals surface area contributed by atoms with Gasteiger partial charge in [-0.05, 0) is 32.8 Å². The number of esters is 2. The van der Waals surface area contributed by atoms with Gasteiger partial charge < -0.3 is 19.5 Å². The molecular weight excluding hydrogens is 350 g/mol. The summed E-state index contributed by atoms with van der Waals surface area (Å²) < 4.78 is 15.2. The van der Waals surface area contributed by atoms with E-state index in [2.05, 4.69) is 11.9 Å². The maximum Gasteiger partial charge on any atom is 0.408 e. The molecule has 1 N–H and O–H groups in total. The van der Waals surface area contributed by atoms with Crippen molar-refractivity contribution in [1.29, 1.82) is 0 Å². The second-order valence-electron chi connectivity index (χ2n) is 6.87. The van der Waals surface area contributed by atoms with E-state index < -0.39 is 35.6 Å². The van der Waals surface area contributed by atoms with Crippen LogP contribution in [-0.4, -0.2) is 36.8 Å². The van der Waals surface area contributed by atoms with Crippen LogP contribution in [0.25, 0.3) is 0 Å². The zero-order valence-electron chi connectivity index (χ0n) is 16.2. The third-order valence-electron chi connectivity index (χ3n) is 3.48. The lowest BCUT2D eigenvalue weighted by atomic mass is 9.96. The maximum atomic E-state index is 12.6. The topological polar surface area (TPSA) is 90.9 Å². The lowest BCUT2D eigenvalue weighted by molar-refractivity contribution is -0.157. The Labute approximate surface area is 159 Å². The Morgan fingerprint density at radius 2 is 1.78 bits per heavy atom. The Hall–Kier alpha value is -2.83. The largest absolute Gasteiger partial charge is 0.467 e. The van der Waals surface area contributed by atoms with Gasteiger partial charge in [-0.2, -0.15) is 0 Å². The van der Waals surface area contributed by atoms with Gasteiger partial charge in [0.05, 0.1) is 13.0 Å². The number of amides is 1. The molecule has 0 fully saturated rings. The Balaban J connectivity index is 2.90. The standard InChI is InChI=1S/C20H27NO6/c1-6-10-15(17(22)26-13-14-11-8-7-9-12-14)16(18(23)25-5)21-19(24)27-20(2,3)4/h6-9,11-12,15-16H,1,10,13H2,2-5H3,(H,21,24)/t15-,16-/m0/s1. The summed E-state index contributed by atoms with van der Waals surface area (Å²) in [7, 11) is 1.17. The number of benzene rings is 1. The molecule has 1 aromatic rings. The molecule has 0 aliphatic rings. The minimum absolute atomic E-state index is 0.0493. The summed E-state index contributed by atoms with van der Waals surface area (Å²) in [5, 5.41) is 2.40. The van der Waals surface area contributed by atoms with E-state index in [9.17, 15) is 14.4 Å². The van der Waals surface area contributed by atoms with Gasteiger partial charge in [0, 0.05) is 0 Å². The molecule has 0 radical (unpaired) electrons. The van der Waals surface area contributed by atoms with Gasteiger partial charge in [0.25, 0.3) is 0 Å². The molecule has 2 atom stereocenters. The SMILES string of the molecule is C=CC[C@H](C(=O)OCc1ccccc1)[C@H](NC(=O)OC(C)(C)C)C(=O)OC. The van der Waals surface area contributed by atoms with Crippen molar-refractivity contribution >= 4 is 18.0 Å². The molecule has 0 aliphatic carbocycles. The summed E-state index contributed by atoms with van der Waals surface area (Å²) in [5.41, 5.74) is 0.0462. The quantitative estimate of drug-likeness (QED) is 0.425. The van der Waals surface area contributed by atoms with Gasteiger partial charge in [-0.3, -0.25) is 4.79 Å². The van der Waals surface area contributed by atoms with E-state index >= 15 is 0 Å². The highest BCUT2D eigenvalue weighted by atomic mass is 16.6. The smallest absolute Gasteiger partial charge is 0.408 e. The van der Waals surface area contributed by atoms with Gasteiger partial charge in [-0.25, -0.2) is 9.59 Å². The Morgan fingerprint density at radius 1 is 1.15 bits per heavy atom. The summed E-state index contributed by atoms with van der Waals surface area (Å²) in [6.07, 6.45) is 0.757. The number of hydrogen-bond acceptors (Lipinski definition) is 6. The maximum absolute atomic E-state index is 12.6. The zero-order chi connectivity index (χ0) is 20.4. The molecule has 148 valence electrons. The van der Waals surface area contributed by atoms with Gasteiger partial charge >= 0.3 is 18.0 Å². The fourth-order valence-corrected chi connectivity index (χ4v) is 2.27. The third-order valence-corrected chi connectivity index (χ3v) is 3.48. The normalized spacial score (nSPS) is 13.0. The van der Waals surface area contributed by atoms with Gasteiger partial charge in [0.15, 0.2) is 0 Å². The van der Waals surface area contributed by atoms with E-state index in [1.54, 1.807) is 20.8 Å². The lowest BCUT2D eigenvalue weighted by Crippen LogP contribution is -2.50. The number of ether oxygens (including phenoxy) is 3. The lowest BCUT2D eigenvalue weighted by Gasteiger charge is -2.26. The number of methoxy groups -OCH3 is 1. The van der Waals surface area contributed by atoms with E-state index in [0.717, 1.165) is 5.56 Å². The number of carbonyl (C=O) groups excluding carboxylic acids is 3. The molecule has 0 heterocycles. The molecule has 7 nitrogen and oxygen atoms in total.